The molecule has 1 N–H and O–H groups in total. The molecular formula is C27H23NO7. The first-order chi connectivity index (χ1) is 16.9. The van der Waals surface area contributed by atoms with Crippen molar-refractivity contribution in [1.29, 1.82) is 0 Å². The number of esters is 1. The Labute approximate surface area is 201 Å². The molecule has 0 spiro atoms. The van der Waals surface area contributed by atoms with Crippen LogP contribution in [0.5, 0.6) is 5.75 Å². The first-order valence-corrected chi connectivity index (χ1v) is 11.2. The van der Waals surface area contributed by atoms with Crippen LogP contribution in [0.1, 0.15) is 45.8 Å². The van der Waals surface area contributed by atoms with Gasteiger partial charge in [-0.3, -0.25) is 9.59 Å². The fourth-order valence-electron chi connectivity index (χ4n) is 4.60. The third kappa shape index (κ3) is 3.97. The van der Waals surface area contributed by atoms with Crippen molar-refractivity contribution >= 4 is 23.4 Å². The summed E-state index contributed by atoms with van der Waals surface area (Å²) in [6, 6.07) is 14.1. The second kappa shape index (κ2) is 8.79. The van der Waals surface area contributed by atoms with E-state index in [2.05, 4.69) is 0 Å². The van der Waals surface area contributed by atoms with Crippen molar-refractivity contribution < 1.29 is 33.4 Å². The number of carbonyl (C=O) groups is 3. The minimum absolute atomic E-state index is 0.0228. The van der Waals surface area contributed by atoms with Crippen LogP contribution in [-0.2, 0) is 27.3 Å². The average molecular weight is 473 g/mol. The number of carbonyl (C=O) groups excluding carboxylic acids is 3. The maximum Gasteiger partial charge on any atom is 0.337 e. The molecule has 0 radical (unpaired) electrons. The van der Waals surface area contributed by atoms with E-state index in [9.17, 15) is 19.5 Å². The van der Waals surface area contributed by atoms with Gasteiger partial charge in [-0.2, -0.15) is 0 Å². The molecule has 3 heterocycles. The molecule has 0 aliphatic carbocycles. The summed E-state index contributed by atoms with van der Waals surface area (Å²) in [5.41, 5.74) is 2.20. The maximum absolute atomic E-state index is 13.2. The molecule has 1 amide bonds. The Morgan fingerprint density at radius 3 is 2.54 bits per heavy atom. The molecular weight excluding hydrogens is 450 g/mol. The molecule has 1 fully saturated rings. The lowest BCUT2D eigenvalue weighted by molar-refractivity contribution is -0.140. The Balaban J connectivity index is 1.61. The summed E-state index contributed by atoms with van der Waals surface area (Å²) in [6.07, 6.45) is 2.19. The number of likely N-dealkylation sites (tertiary alicyclic amines) is 1. The lowest BCUT2D eigenvalue weighted by Crippen LogP contribution is -2.29. The van der Waals surface area contributed by atoms with Crippen LogP contribution in [0.15, 0.2) is 70.9 Å². The molecule has 8 heteroatoms. The highest BCUT2D eigenvalue weighted by Gasteiger charge is 2.46. The van der Waals surface area contributed by atoms with Crippen LogP contribution in [0.2, 0.25) is 0 Å². The number of rotatable bonds is 5. The minimum Gasteiger partial charge on any atom is -0.507 e. The zero-order valence-electron chi connectivity index (χ0n) is 19.2. The number of hydrogen-bond acceptors (Lipinski definition) is 7. The number of ether oxygens (including phenoxy) is 2. The van der Waals surface area contributed by atoms with Gasteiger partial charge in [-0.15, -0.1) is 0 Å². The summed E-state index contributed by atoms with van der Waals surface area (Å²) >= 11 is 0. The van der Waals surface area contributed by atoms with Gasteiger partial charge in [0.25, 0.3) is 11.7 Å². The number of furan rings is 1. The SMILES string of the molecule is COC(=O)c1ccc([C@@H]2/C(=C(\O)c3ccc4c(c3)C[C@@H](C)O4)C(=O)C(=O)N2Cc2ccco2)cc1. The highest BCUT2D eigenvalue weighted by molar-refractivity contribution is 6.46. The van der Waals surface area contributed by atoms with Gasteiger partial charge in [0.2, 0.25) is 0 Å². The predicted molar refractivity (Wildman–Crippen MR) is 125 cm³/mol. The number of fused-ring (bicyclic) bond motifs is 1. The summed E-state index contributed by atoms with van der Waals surface area (Å²) in [6.45, 7) is 1.99. The molecule has 3 aromatic rings. The highest BCUT2D eigenvalue weighted by Crippen LogP contribution is 2.41. The molecule has 0 saturated carbocycles. The van der Waals surface area contributed by atoms with Crippen molar-refractivity contribution in [3.05, 3.63) is 94.4 Å². The van der Waals surface area contributed by atoms with E-state index in [1.807, 2.05) is 6.92 Å². The van der Waals surface area contributed by atoms with Crippen molar-refractivity contribution in [2.24, 2.45) is 0 Å². The number of aliphatic hydroxyl groups excluding tert-OH is 1. The standard InChI is InChI=1S/C27H23NO7/c1-15-12-19-13-18(9-10-21(19)35-15)24(29)22-23(16-5-7-17(8-6-16)27(32)33-2)28(26(31)25(22)30)14-20-4-3-11-34-20/h3-11,13,15,23,29H,12,14H2,1-2H3/b24-22+/t15-,23-/m1/s1. The first-order valence-electron chi connectivity index (χ1n) is 11.2. The zero-order chi connectivity index (χ0) is 24.7. The number of Topliss-reactive ketones (excluding diaryl/α,β-unsaturated/α-hetero) is 1. The molecule has 0 bridgehead atoms. The monoisotopic (exact) mass is 473 g/mol. The van der Waals surface area contributed by atoms with Gasteiger partial charge in [0.05, 0.1) is 37.1 Å². The molecule has 35 heavy (non-hydrogen) atoms. The number of benzene rings is 2. The lowest BCUT2D eigenvalue weighted by Gasteiger charge is -2.24. The molecule has 2 atom stereocenters. The van der Waals surface area contributed by atoms with E-state index in [4.69, 9.17) is 13.9 Å². The minimum atomic E-state index is -0.879. The van der Waals surface area contributed by atoms with Crippen LogP contribution < -0.4 is 4.74 Å². The van der Waals surface area contributed by atoms with Crippen molar-refractivity contribution in [3.63, 3.8) is 0 Å². The summed E-state index contributed by atoms with van der Waals surface area (Å²) in [5, 5.41) is 11.3. The third-order valence-electron chi connectivity index (χ3n) is 6.26. The largest absolute Gasteiger partial charge is 0.507 e. The van der Waals surface area contributed by atoms with Gasteiger partial charge in [-0.25, -0.2) is 4.79 Å². The second-order valence-corrected chi connectivity index (χ2v) is 8.58. The maximum atomic E-state index is 13.2. The van der Waals surface area contributed by atoms with E-state index in [0.717, 1.165) is 11.3 Å². The molecule has 1 aromatic heterocycles. The molecule has 2 aliphatic heterocycles. The van der Waals surface area contributed by atoms with Gasteiger partial charge in [-0.1, -0.05) is 12.1 Å². The second-order valence-electron chi connectivity index (χ2n) is 8.58. The van der Waals surface area contributed by atoms with E-state index in [1.165, 1.54) is 18.3 Å². The van der Waals surface area contributed by atoms with Crippen molar-refractivity contribution in [3.8, 4) is 5.75 Å². The third-order valence-corrected chi connectivity index (χ3v) is 6.26. The van der Waals surface area contributed by atoms with Crippen LogP contribution in [0, 0.1) is 0 Å². The van der Waals surface area contributed by atoms with E-state index in [0.29, 0.717) is 28.9 Å². The number of nitrogens with zero attached hydrogens (tertiary/aromatic N) is 1. The van der Waals surface area contributed by atoms with Crippen LogP contribution in [0.3, 0.4) is 0 Å². The zero-order valence-corrected chi connectivity index (χ0v) is 19.2. The van der Waals surface area contributed by atoms with Crippen molar-refractivity contribution in [2.45, 2.75) is 32.0 Å². The van der Waals surface area contributed by atoms with E-state index < -0.39 is 23.7 Å². The smallest absolute Gasteiger partial charge is 0.337 e. The van der Waals surface area contributed by atoms with E-state index in [1.54, 1.807) is 54.6 Å². The quantitative estimate of drug-likeness (QED) is 0.258. The topological polar surface area (TPSA) is 106 Å². The molecule has 2 aliphatic rings. The summed E-state index contributed by atoms with van der Waals surface area (Å²) in [4.78, 5) is 39.6. The molecule has 8 nitrogen and oxygen atoms in total. The average Bonchev–Trinajstić information content (AvgIpc) is 3.57. The Morgan fingerprint density at radius 1 is 1.11 bits per heavy atom. The molecule has 5 rings (SSSR count). The van der Waals surface area contributed by atoms with Gasteiger partial charge < -0.3 is 23.9 Å². The summed E-state index contributed by atoms with van der Waals surface area (Å²) in [7, 11) is 1.29. The number of ketones is 1. The number of methoxy groups -OCH3 is 1. The summed E-state index contributed by atoms with van der Waals surface area (Å²) in [5.74, 6) is -1.08. The Hall–Kier alpha value is -4.33. The highest BCUT2D eigenvalue weighted by atomic mass is 16.5. The van der Waals surface area contributed by atoms with E-state index in [-0.39, 0.29) is 24.0 Å². The lowest BCUT2D eigenvalue weighted by atomic mass is 9.94. The Morgan fingerprint density at radius 2 is 1.86 bits per heavy atom. The van der Waals surface area contributed by atoms with Crippen molar-refractivity contribution in [1.82, 2.24) is 4.90 Å². The normalized spacial score (nSPS) is 20.6. The van der Waals surface area contributed by atoms with Gasteiger partial charge in [0.15, 0.2) is 0 Å². The first kappa shape index (κ1) is 22.5. The number of hydrogen-bond donors (Lipinski definition) is 1. The fourth-order valence-corrected chi connectivity index (χ4v) is 4.60. The molecule has 2 aromatic carbocycles. The molecule has 178 valence electrons. The van der Waals surface area contributed by atoms with Gasteiger partial charge in [-0.05, 0) is 60.5 Å². The van der Waals surface area contributed by atoms with Gasteiger partial charge >= 0.3 is 5.97 Å². The van der Waals surface area contributed by atoms with Crippen LogP contribution >= 0.6 is 0 Å². The Kier molecular flexibility index (Phi) is 5.64. The van der Waals surface area contributed by atoms with Crippen LogP contribution in [0.4, 0.5) is 0 Å². The summed E-state index contributed by atoms with van der Waals surface area (Å²) < 4.78 is 15.9. The van der Waals surface area contributed by atoms with Crippen LogP contribution in [0.25, 0.3) is 5.76 Å². The molecule has 0 unspecified atom stereocenters. The molecule has 1 saturated heterocycles. The van der Waals surface area contributed by atoms with Gasteiger partial charge in [0, 0.05) is 12.0 Å². The predicted octanol–water partition coefficient (Wildman–Crippen LogP) is 4.01. The van der Waals surface area contributed by atoms with Crippen LogP contribution in [-0.4, -0.2) is 40.9 Å². The fraction of sp³-hybridized carbons (Fsp3) is 0.222. The van der Waals surface area contributed by atoms with Crippen molar-refractivity contribution in [2.75, 3.05) is 7.11 Å². The number of aliphatic hydroxyl groups is 1. The van der Waals surface area contributed by atoms with E-state index >= 15 is 0 Å². The van der Waals surface area contributed by atoms with Gasteiger partial charge in [0.1, 0.15) is 23.4 Å². The Bertz CT molecular complexity index is 1340. The number of amides is 1.